The molecule has 0 spiro atoms. The van der Waals surface area contributed by atoms with E-state index in [0.29, 0.717) is 16.8 Å². The van der Waals surface area contributed by atoms with Crippen molar-refractivity contribution in [3.63, 3.8) is 0 Å². The first-order valence-corrected chi connectivity index (χ1v) is 10.8. The molecule has 11 nitrogen and oxygen atoms in total. The summed E-state index contributed by atoms with van der Waals surface area (Å²) in [5.74, 6) is -1.73. The number of benzene rings is 1. The van der Waals surface area contributed by atoms with Gasteiger partial charge in [0.25, 0.3) is 0 Å². The normalized spacial score (nSPS) is 18.7. The van der Waals surface area contributed by atoms with Gasteiger partial charge in [-0.05, 0) is 33.8 Å². The molecule has 2 amide bonds. The van der Waals surface area contributed by atoms with Gasteiger partial charge in [0.15, 0.2) is 12.2 Å². The van der Waals surface area contributed by atoms with E-state index in [0.717, 1.165) is 10.0 Å². The third-order valence-electron chi connectivity index (χ3n) is 4.98. The molecule has 1 aromatic carbocycles. The minimum atomic E-state index is -1.63. The average molecular weight is 461 g/mol. The van der Waals surface area contributed by atoms with Gasteiger partial charge in [0.05, 0.1) is 32.0 Å². The molecule has 33 heavy (non-hydrogen) atoms. The Morgan fingerprint density at radius 2 is 1.39 bits per heavy atom. The van der Waals surface area contributed by atoms with E-state index in [1.165, 1.54) is 0 Å². The number of fused-ring (bicyclic) bond motifs is 3. The second kappa shape index (κ2) is 10.2. The minimum absolute atomic E-state index is 0.0134. The molecule has 2 aliphatic heterocycles. The third kappa shape index (κ3) is 4.30. The lowest BCUT2D eigenvalue weighted by Gasteiger charge is -2.44. The highest BCUT2D eigenvalue weighted by molar-refractivity contribution is 6.10. The van der Waals surface area contributed by atoms with Crippen molar-refractivity contribution in [2.75, 3.05) is 31.7 Å². The van der Waals surface area contributed by atoms with E-state index in [-0.39, 0.29) is 32.0 Å². The van der Waals surface area contributed by atoms with E-state index in [4.69, 9.17) is 18.9 Å². The van der Waals surface area contributed by atoms with Crippen molar-refractivity contribution in [1.29, 1.82) is 0 Å². The smallest absolute Gasteiger partial charge is 0.431 e. The fourth-order valence-electron chi connectivity index (χ4n) is 3.84. The van der Waals surface area contributed by atoms with Gasteiger partial charge in [-0.15, -0.1) is 0 Å². The molecular formula is C22H27N3O8. The Hall–Kier alpha value is -3.76. The van der Waals surface area contributed by atoms with Crippen LogP contribution < -0.4 is 5.32 Å². The molecule has 0 fully saturated rings. The van der Waals surface area contributed by atoms with Crippen LogP contribution in [0.5, 0.6) is 0 Å². The number of hydrogen-bond donors (Lipinski definition) is 1. The van der Waals surface area contributed by atoms with Crippen molar-refractivity contribution in [2.45, 2.75) is 39.9 Å². The zero-order chi connectivity index (χ0) is 24.1. The van der Waals surface area contributed by atoms with Gasteiger partial charge in [-0.1, -0.05) is 18.2 Å². The Morgan fingerprint density at radius 1 is 0.818 bits per heavy atom. The average Bonchev–Trinajstić information content (AvgIpc) is 3.17. The number of anilines is 1. The van der Waals surface area contributed by atoms with Crippen molar-refractivity contribution < 1.29 is 38.1 Å². The van der Waals surface area contributed by atoms with Crippen LogP contribution in [0.3, 0.4) is 0 Å². The minimum Gasteiger partial charge on any atom is -0.464 e. The molecule has 0 radical (unpaired) electrons. The van der Waals surface area contributed by atoms with Crippen molar-refractivity contribution in [3.05, 3.63) is 35.4 Å². The number of hydrazine groups is 1. The molecule has 178 valence electrons. The lowest BCUT2D eigenvalue weighted by Crippen LogP contribution is -2.66. The molecule has 11 heteroatoms. The Kier molecular flexibility index (Phi) is 7.41. The van der Waals surface area contributed by atoms with Crippen LogP contribution in [-0.2, 0) is 28.5 Å². The van der Waals surface area contributed by atoms with Crippen LogP contribution in [0.4, 0.5) is 15.3 Å². The molecule has 0 saturated heterocycles. The first kappa shape index (κ1) is 23.9. The lowest BCUT2D eigenvalue weighted by molar-refractivity contribution is -0.158. The largest absolute Gasteiger partial charge is 0.464 e. The molecule has 2 aliphatic rings. The van der Waals surface area contributed by atoms with Crippen LogP contribution in [0.15, 0.2) is 29.8 Å². The zero-order valence-corrected chi connectivity index (χ0v) is 19.0. The highest BCUT2D eigenvalue weighted by Gasteiger charge is 2.55. The molecule has 0 saturated carbocycles. The summed E-state index contributed by atoms with van der Waals surface area (Å²) < 4.78 is 20.8. The molecule has 1 aromatic rings. The van der Waals surface area contributed by atoms with Crippen LogP contribution in [0.2, 0.25) is 0 Å². The van der Waals surface area contributed by atoms with E-state index in [1.807, 2.05) is 0 Å². The Balaban J connectivity index is 2.33. The molecule has 0 aromatic heterocycles. The SMILES string of the molecule is CCOC(=O)C1=C2c3ccccc3NC2N(C(=O)OCC)N(C(=O)OCC)C1C(=O)OCC. The number of carbonyl (C=O) groups is 4. The number of ether oxygens (including phenoxy) is 4. The van der Waals surface area contributed by atoms with Crippen molar-refractivity contribution in [3.8, 4) is 0 Å². The predicted octanol–water partition coefficient (Wildman–Crippen LogP) is 2.53. The van der Waals surface area contributed by atoms with Crippen LogP contribution in [0, 0.1) is 0 Å². The molecule has 1 N–H and O–H groups in total. The zero-order valence-electron chi connectivity index (χ0n) is 19.0. The van der Waals surface area contributed by atoms with E-state index in [2.05, 4.69) is 5.32 Å². The van der Waals surface area contributed by atoms with Gasteiger partial charge in [0, 0.05) is 16.8 Å². The maximum Gasteiger partial charge on any atom is 0.431 e. The maximum absolute atomic E-state index is 13.2. The molecule has 0 bridgehead atoms. The molecule has 2 heterocycles. The molecule has 0 aliphatic carbocycles. The van der Waals surface area contributed by atoms with Crippen molar-refractivity contribution in [2.24, 2.45) is 0 Å². The molecular weight excluding hydrogens is 434 g/mol. The van der Waals surface area contributed by atoms with Crippen LogP contribution in [-0.4, -0.2) is 72.8 Å². The van der Waals surface area contributed by atoms with Gasteiger partial charge in [-0.2, -0.15) is 10.0 Å². The number of nitrogens with zero attached hydrogens (tertiary/aromatic N) is 2. The quantitative estimate of drug-likeness (QED) is 0.503. The summed E-state index contributed by atoms with van der Waals surface area (Å²) in [5, 5.41) is 4.84. The summed E-state index contributed by atoms with van der Waals surface area (Å²) >= 11 is 0. The number of nitrogens with one attached hydrogen (secondary N) is 1. The monoisotopic (exact) mass is 461 g/mol. The highest BCUT2D eigenvalue weighted by atomic mass is 16.6. The van der Waals surface area contributed by atoms with E-state index >= 15 is 0 Å². The Bertz CT molecular complexity index is 976. The summed E-state index contributed by atoms with van der Waals surface area (Å²) in [6.45, 7) is 6.39. The summed E-state index contributed by atoms with van der Waals surface area (Å²) in [6.07, 6.45) is -2.97. The predicted molar refractivity (Wildman–Crippen MR) is 116 cm³/mol. The molecule has 3 rings (SSSR count). The van der Waals surface area contributed by atoms with Gasteiger partial charge in [-0.3, -0.25) is 0 Å². The van der Waals surface area contributed by atoms with Gasteiger partial charge in [0.2, 0.25) is 0 Å². The summed E-state index contributed by atoms with van der Waals surface area (Å²) in [4.78, 5) is 52.4. The summed E-state index contributed by atoms with van der Waals surface area (Å²) in [6, 6.07) is 5.38. The second-order valence-electron chi connectivity index (χ2n) is 6.88. The fourth-order valence-corrected chi connectivity index (χ4v) is 3.84. The third-order valence-corrected chi connectivity index (χ3v) is 4.98. The molecule has 2 unspecified atom stereocenters. The summed E-state index contributed by atoms with van der Waals surface area (Å²) in [7, 11) is 0. The van der Waals surface area contributed by atoms with Crippen LogP contribution in [0.25, 0.3) is 5.57 Å². The number of esters is 2. The first-order chi connectivity index (χ1) is 15.9. The number of carbonyl (C=O) groups excluding carboxylic acids is 4. The first-order valence-electron chi connectivity index (χ1n) is 10.8. The number of amides is 2. The van der Waals surface area contributed by atoms with Gasteiger partial charge >= 0.3 is 24.1 Å². The fraction of sp³-hybridized carbons (Fsp3) is 0.455. The van der Waals surface area contributed by atoms with Gasteiger partial charge in [0.1, 0.15) is 0 Å². The summed E-state index contributed by atoms with van der Waals surface area (Å²) in [5.41, 5.74) is 1.38. The number of para-hydroxylation sites is 1. The highest BCUT2D eigenvalue weighted by Crippen LogP contribution is 2.44. The lowest BCUT2D eigenvalue weighted by atomic mass is 9.91. The van der Waals surface area contributed by atoms with Gasteiger partial charge in [-0.25, -0.2) is 19.2 Å². The molecule has 2 atom stereocenters. The van der Waals surface area contributed by atoms with Crippen molar-refractivity contribution >= 4 is 35.4 Å². The Morgan fingerprint density at radius 3 is 2.00 bits per heavy atom. The maximum atomic E-state index is 13.2. The van der Waals surface area contributed by atoms with E-state index < -0.39 is 36.3 Å². The van der Waals surface area contributed by atoms with Crippen LogP contribution >= 0.6 is 0 Å². The van der Waals surface area contributed by atoms with Crippen molar-refractivity contribution in [1.82, 2.24) is 10.0 Å². The number of hydrogen-bond acceptors (Lipinski definition) is 9. The Labute approximate surface area is 191 Å². The second-order valence-corrected chi connectivity index (χ2v) is 6.88. The van der Waals surface area contributed by atoms with Gasteiger partial charge < -0.3 is 24.3 Å². The van der Waals surface area contributed by atoms with E-state index in [1.54, 1.807) is 52.0 Å². The number of rotatable bonds is 6. The topological polar surface area (TPSA) is 124 Å². The standard InChI is InChI=1S/C22H27N3O8/c1-5-30-19(26)16-15-13-11-9-10-12-14(13)23-18(15)25(22(29)33-8-4)24(21(28)32-7-3)17(16)20(27)31-6-2/h9-12,17-18,23H,5-8H2,1-4H3. The van der Waals surface area contributed by atoms with E-state index in [9.17, 15) is 19.2 Å². The van der Waals surface area contributed by atoms with Crippen LogP contribution in [0.1, 0.15) is 33.3 Å².